The number of nitrogens with one attached hydrogen (secondary N) is 1. The van der Waals surface area contributed by atoms with Crippen molar-refractivity contribution in [2.75, 3.05) is 13.2 Å². The second-order valence-electron chi connectivity index (χ2n) is 5.60. The Labute approximate surface area is 110 Å². The minimum absolute atomic E-state index is 0.599. The van der Waals surface area contributed by atoms with Gasteiger partial charge in [-0.25, -0.2) is 0 Å². The number of hydrogen-bond donors (Lipinski definition) is 1. The van der Waals surface area contributed by atoms with Crippen molar-refractivity contribution in [1.82, 2.24) is 15.1 Å². The van der Waals surface area contributed by atoms with Crippen LogP contribution >= 0.6 is 0 Å². The molecule has 1 heterocycles. The summed E-state index contributed by atoms with van der Waals surface area (Å²) < 4.78 is 7.64. The molecular formula is C14H25N3O. The minimum Gasteiger partial charge on any atom is -0.379 e. The van der Waals surface area contributed by atoms with E-state index in [2.05, 4.69) is 31.2 Å². The van der Waals surface area contributed by atoms with E-state index in [0.717, 1.165) is 32.3 Å². The van der Waals surface area contributed by atoms with E-state index < -0.39 is 0 Å². The first kappa shape index (κ1) is 13.6. The predicted molar refractivity (Wildman–Crippen MR) is 72.5 cm³/mol. The van der Waals surface area contributed by atoms with Crippen LogP contribution in [-0.2, 0) is 17.8 Å². The van der Waals surface area contributed by atoms with Crippen molar-refractivity contribution in [2.24, 2.45) is 5.92 Å². The molecule has 1 aliphatic carbocycles. The highest BCUT2D eigenvalue weighted by molar-refractivity contribution is 5.16. The summed E-state index contributed by atoms with van der Waals surface area (Å²) in [4.78, 5) is 0. The fourth-order valence-corrected chi connectivity index (χ4v) is 1.90. The Balaban J connectivity index is 1.74. The summed E-state index contributed by atoms with van der Waals surface area (Å²) in [6.07, 6.45) is 4.64. The molecule has 0 bridgehead atoms. The molecule has 18 heavy (non-hydrogen) atoms. The van der Waals surface area contributed by atoms with E-state index in [1.165, 1.54) is 24.1 Å². The molecule has 1 aromatic rings. The second kappa shape index (κ2) is 6.34. The first-order valence-corrected chi connectivity index (χ1v) is 6.99. The maximum absolute atomic E-state index is 5.59. The molecule has 1 aliphatic rings. The van der Waals surface area contributed by atoms with Crippen molar-refractivity contribution >= 4 is 0 Å². The molecular weight excluding hydrogens is 226 g/mol. The third kappa shape index (κ3) is 4.10. The first-order valence-electron chi connectivity index (χ1n) is 6.99. The van der Waals surface area contributed by atoms with Crippen LogP contribution in [-0.4, -0.2) is 29.0 Å². The zero-order valence-corrected chi connectivity index (χ0v) is 11.8. The molecule has 1 aromatic heterocycles. The van der Waals surface area contributed by atoms with Crippen molar-refractivity contribution in [3.8, 4) is 0 Å². The summed E-state index contributed by atoms with van der Waals surface area (Å²) in [6.45, 7) is 9.85. The van der Waals surface area contributed by atoms with Crippen LogP contribution in [0.15, 0.2) is 6.20 Å². The van der Waals surface area contributed by atoms with Crippen molar-refractivity contribution in [1.29, 1.82) is 0 Å². The topological polar surface area (TPSA) is 39.1 Å². The van der Waals surface area contributed by atoms with Crippen LogP contribution in [0.3, 0.4) is 0 Å². The third-order valence-electron chi connectivity index (χ3n) is 3.26. The van der Waals surface area contributed by atoms with Gasteiger partial charge in [-0.1, -0.05) is 13.8 Å². The zero-order chi connectivity index (χ0) is 13.0. The van der Waals surface area contributed by atoms with E-state index >= 15 is 0 Å². The molecule has 4 nitrogen and oxygen atoms in total. The van der Waals surface area contributed by atoms with Gasteiger partial charge in [0, 0.05) is 30.5 Å². The Morgan fingerprint density at radius 1 is 1.50 bits per heavy atom. The molecule has 0 aromatic carbocycles. The molecule has 4 heteroatoms. The molecule has 0 amide bonds. The van der Waals surface area contributed by atoms with Crippen LogP contribution < -0.4 is 5.32 Å². The molecule has 102 valence electrons. The Morgan fingerprint density at radius 2 is 2.28 bits per heavy atom. The monoisotopic (exact) mass is 251 g/mol. The largest absolute Gasteiger partial charge is 0.379 e. The molecule has 1 fully saturated rings. The average Bonchev–Trinajstić information content (AvgIpc) is 3.09. The molecule has 0 aliphatic heterocycles. The minimum atomic E-state index is 0.599. The molecule has 1 saturated carbocycles. The zero-order valence-electron chi connectivity index (χ0n) is 11.8. The normalized spacial score (nSPS) is 15.6. The summed E-state index contributed by atoms with van der Waals surface area (Å²) in [5.41, 5.74) is 2.57. The number of nitrogens with zero attached hydrogens (tertiary/aromatic N) is 2. The summed E-state index contributed by atoms with van der Waals surface area (Å²) in [5, 5.41) is 7.95. The maximum Gasteiger partial charge on any atom is 0.0662 e. The van der Waals surface area contributed by atoms with Crippen molar-refractivity contribution in [3.05, 3.63) is 17.5 Å². The van der Waals surface area contributed by atoms with Gasteiger partial charge in [-0.2, -0.15) is 5.10 Å². The van der Waals surface area contributed by atoms with E-state index in [-0.39, 0.29) is 0 Å². The SMILES string of the molecule is Cc1c(CNC2CC2)cnn1CCOCC(C)C. The van der Waals surface area contributed by atoms with Crippen LogP contribution in [0.2, 0.25) is 0 Å². The van der Waals surface area contributed by atoms with Crippen molar-refractivity contribution in [3.63, 3.8) is 0 Å². The fourth-order valence-electron chi connectivity index (χ4n) is 1.90. The summed E-state index contributed by atoms with van der Waals surface area (Å²) >= 11 is 0. The van der Waals surface area contributed by atoms with Crippen molar-refractivity contribution in [2.45, 2.75) is 52.7 Å². The van der Waals surface area contributed by atoms with Crippen LogP contribution in [0.1, 0.15) is 37.9 Å². The second-order valence-corrected chi connectivity index (χ2v) is 5.60. The van der Waals surface area contributed by atoms with E-state index in [1.54, 1.807) is 0 Å². The standard InChI is InChI=1S/C14H25N3O/c1-11(2)10-18-7-6-17-12(3)13(9-16-17)8-15-14-4-5-14/h9,11,14-15H,4-8,10H2,1-3H3. The van der Waals surface area contributed by atoms with Crippen LogP contribution in [0.25, 0.3) is 0 Å². The summed E-state index contributed by atoms with van der Waals surface area (Å²) in [5.74, 6) is 0.599. The highest BCUT2D eigenvalue weighted by Crippen LogP contribution is 2.19. The molecule has 0 atom stereocenters. The van der Waals surface area contributed by atoms with E-state index in [9.17, 15) is 0 Å². The quantitative estimate of drug-likeness (QED) is 0.719. The van der Waals surface area contributed by atoms with E-state index in [1.807, 2.05) is 10.9 Å². The Morgan fingerprint density at radius 3 is 2.94 bits per heavy atom. The smallest absolute Gasteiger partial charge is 0.0662 e. The molecule has 2 rings (SSSR count). The van der Waals surface area contributed by atoms with Crippen LogP contribution in [0.5, 0.6) is 0 Å². The summed E-state index contributed by atoms with van der Waals surface area (Å²) in [7, 11) is 0. The third-order valence-corrected chi connectivity index (χ3v) is 3.26. The Hall–Kier alpha value is -0.870. The molecule has 0 unspecified atom stereocenters. The fraction of sp³-hybridized carbons (Fsp3) is 0.786. The van der Waals surface area contributed by atoms with E-state index in [4.69, 9.17) is 4.74 Å². The Kier molecular flexibility index (Phi) is 4.78. The number of aromatic nitrogens is 2. The van der Waals surface area contributed by atoms with Gasteiger partial charge in [-0.3, -0.25) is 4.68 Å². The van der Waals surface area contributed by atoms with Gasteiger partial charge in [-0.15, -0.1) is 0 Å². The lowest BCUT2D eigenvalue weighted by Crippen LogP contribution is -2.16. The lowest BCUT2D eigenvalue weighted by Gasteiger charge is -2.08. The Bertz CT molecular complexity index is 369. The van der Waals surface area contributed by atoms with Gasteiger partial charge in [0.2, 0.25) is 0 Å². The van der Waals surface area contributed by atoms with Crippen LogP contribution in [0, 0.1) is 12.8 Å². The van der Waals surface area contributed by atoms with Gasteiger partial charge < -0.3 is 10.1 Å². The van der Waals surface area contributed by atoms with Gasteiger partial charge in [0.15, 0.2) is 0 Å². The van der Waals surface area contributed by atoms with Gasteiger partial charge in [-0.05, 0) is 25.7 Å². The van der Waals surface area contributed by atoms with Gasteiger partial charge >= 0.3 is 0 Å². The molecule has 0 radical (unpaired) electrons. The molecule has 0 spiro atoms. The van der Waals surface area contributed by atoms with E-state index in [0.29, 0.717) is 5.92 Å². The molecule has 1 N–H and O–H groups in total. The average molecular weight is 251 g/mol. The maximum atomic E-state index is 5.59. The highest BCUT2D eigenvalue weighted by Gasteiger charge is 2.20. The first-order chi connectivity index (χ1) is 8.66. The predicted octanol–water partition coefficient (Wildman–Crippen LogP) is 2.12. The molecule has 0 saturated heterocycles. The number of rotatable bonds is 8. The number of ether oxygens (including phenoxy) is 1. The van der Waals surface area contributed by atoms with Gasteiger partial charge in [0.25, 0.3) is 0 Å². The highest BCUT2D eigenvalue weighted by atomic mass is 16.5. The lowest BCUT2D eigenvalue weighted by molar-refractivity contribution is 0.101. The van der Waals surface area contributed by atoms with Gasteiger partial charge in [0.05, 0.1) is 19.3 Å². The van der Waals surface area contributed by atoms with Crippen LogP contribution in [0.4, 0.5) is 0 Å². The van der Waals surface area contributed by atoms with Gasteiger partial charge in [0.1, 0.15) is 0 Å². The number of hydrogen-bond acceptors (Lipinski definition) is 3. The lowest BCUT2D eigenvalue weighted by atomic mass is 10.2. The summed E-state index contributed by atoms with van der Waals surface area (Å²) in [6, 6.07) is 0.752. The van der Waals surface area contributed by atoms with Crippen molar-refractivity contribution < 1.29 is 4.74 Å².